The summed E-state index contributed by atoms with van der Waals surface area (Å²) in [6.07, 6.45) is 5.37. The maximum Gasteiger partial charge on any atom is 0.142 e. The number of benzene rings is 1. The van der Waals surface area contributed by atoms with Gasteiger partial charge >= 0.3 is 0 Å². The van der Waals surface area contributed by atoms with E-state index in [4.69, 9.17) is 4.74 Å². The quantitative estimate of drug-likeness (QED) is 0.687. The Kier molecular flexibility index (Phi) is 4.34. The van der Waals surface area contributed by atoms with E-state index in [1.165, 1.54) is 22.2 Å². The van der Waals surface area contributed by atoms with Gasteiger partial charge in [-0.05, 0) is 68.9 Å². The molecule has 0 saturated carbocycles. The van der Waals surface area contributed by atoms with Crippen LogP contribution in [0.2, 0.25) is 0 Å². The summed E-state index contributed by atoms with van der Waals surface area (Å²) in [6, 6.07) is 8.05. The number of aromatic nitrogens is 2. The first-order valence-electron chi connectivity index (χ1n) is 8.89. The fraction of sp³-hybridized carbons (Fsp3) is 0.400. The Labute approximate surface area is 152 Å². The second-order valence-corrected chi connectivity index (χ2v) is 8.15. The molecular formula is C20H23N3OS. The molecule has 0 spiro atoms. The van der Waals surface area contributed by atoms with Crippen molar-refractivity contribution >= 4 is 33.1 Å². The van der Waals surface area contributed by atoms with Crippen LogP contribution in [-0.2, 0) is 12.8 Å². The van der Waals surface area contributed by atoms with Crippen LogP contribution in [0.1, 0.15) is 37.6 Å². The number of ether oxygens (including phenoxy) is 1. The van der Waals surface area contributed by atoms with Crippen molar-refractivity contribution in [1.82, 2.24) is 9.97 Å². The zero-order valence-electron chi connectivity index (χ0n) is 14.9. The van der Waals surface area contributed by atoms with E-state index in [-0.39, 0.29) is 6.10 Å². The lowest BCUT2D eigenvalue weighted by atomic mass is 9.89. The van der Waals surface area contributed by atoms with Crippen molar-refractivity contribution in [3.63, 3.8) is 0 Å². The molecule has 130 valence electrons. The molecule has 0 fully saturated rings. The molecule has 4 rings (SSSR count). The number of hydrogen-bond acceptors (Lipinski definition) is 5. The molecule has 4 nitrogen and oxygen atoms in total. The highest BCUT2D eigenvalue weighted by Gasteiger charge is 2.23. The molecule has 2 aromatic heterocycles. The van der Waals surface area contributed by atoms with E-state index in [9.17, 15) is 0 Å². The second kappa shape index (κ2) is 6.64. The summed E-state index contributed by atoms with van der Waals surface area (Å²) in [6.45, 7) is 6.40. The lowest BCUT2D eigenvalue weighted by molar-refractivity contribution is 0.242. The summed E-state index contributed by atoms with van der Waals surface area (Å²) in [7, 11) is 0. The number of thiophene rings is 1. The minimum absolute atomic E-state index is 0.181. The molecule has 0 aliphatic heterocycles. The van der Waals surface area contributed by atoms with E-state index >= 15 is 0 Å². The zero-order valence-corrected chi connectivity index (χ0v) is 15.7. The summed E-state index contributed by atoms with van der Waals surface area (Å²) in [5.41, 5.74) is 2.46. The number of nitrogens with zero attached hydrogens (tertiary/aromatic N) is 2. The molecule has 1 N–H and O–H groups in total. The first-order chi connectivity index (χ1) is 12.1. The SMILES string of the molecule is CC(C)Oc1ccc(Nc2ncnc3sc4c(c23)CC[C@@H](C)C4)cc1. The lowest BCUT2D eigenvalue weighted by Gasteiger charge is -2.18. The molecular weight excluding hydrogens is 330 g/mol. The Balaban J connectivity index is 1.65. The van der Waals surface area contributed by atoms with Crippen molar-refractivity contribution in [2.45, 2.75) is 46.1 Å². The van der Waals surface area contributed by atoms with Gasteiger partial charge in [0, 0.05) is 10.6 Å². The van der Waals surface area contributed by atoms with Crippen LogP contribution in [0.5, 0.6) is 5.75 Å². The molecule has 1 atom stereocenters. The maximum absolute atomic E-state index is 5.71. The molecule has 25 heavy (non-hydrogen) atoms. The van der Waals surface area contributed by atoms with E-state index < -0.39 is 0 Å². The normalized spacial score (nSPS) is 16.9. The monoisotopic (exact) mass is 353 g/mol. The number of aryl methyl sites for hydroxylation is 1. The molecule has 0 saturated heterocycles. The van der Waals surface area contributed by atoms with Crippen LogP contribution in [0, 0.1) is 5.92 Å². The molecule has 0 amide bonds. The van der Waals surface area contributed by atoms with Gasteiger partial charge in [0.05, 0.1) is 11.5 Å². The Hall–Kier alpha value is -2.14. The number of nitrogens with one attached hydrogen (secondary N) is 1. The van der Waals surface area contributed by atoms with Gasteiger partial charge in [0.1, 0.15) is 22.7 Å². The summed E-state index contributed by atoms with van der Waals surface area (Å²) in [4.78, 5) is 11.6. The molecule has 0 unspecified atom stereocenters. The number of anilines is 2. The minimum atomic E-state index is 0.181. The van der Waals surface area contributed by atoms with Gasteiger partial charge in [-0.25, -0.2) is 9.97 Å². The average molecular weight is 353 g/mol. The predicted octanol–water partition coefficient (Wildman–Crippen LogP) is 5.35. The van der Waals surface area contributed by atoms with Crippen LogP contribution >= 0.6 is 11.3 Å². The Morgan fingerprint density at radius 3 is 2.76 bits per heavy atom. The van der Waals surface area contributed by atoms with Gasteiger partial charge in [-0.1, -0.05) is 6.92 Å². The van der Waals surface area contributed by atoms with E-state index in [0.717, 1.165) is 40.8 Å². The number of rotatable bonds is 4. The molecule has 0 radical (unpaired) electrons. The Morgan fingerprint density at radius 2 is 2.00 bits per heavy atom. The maximum atomic E-state index is 5.71. The Morgan fingerprint density at radius 1 is 1.20 bits per heavy atom. The number of hydrogen-bond donors (Lipinski definition) is 1. The van der Waals surface area contributed by atoms with Gasteiger partial charge in [-0.2, -0.15) is 0 Å². The van der Waals surface area contributed by atoms with Gasteiger partial charge in [-0.15, -0.1) is 11.3 Å². The largest absolute Gasteiger partial charge is 0.491 e. The van der Waals surface area contributed by atoms with Gasteiger partial charge in [0.2, 0.25) is 0 Å². The topological polar surface area (TPSA) is 47.0 Å². The second-order valence-electron chi connectivity index (χ2n) is 7.07. The standard InChI is InChI=1S/C20H23N3OS/c1-12(2)24-15-7-5-14(6-8-15)23-19-18-16-9-4-13(3)10-17(16)25-20(18)22-11-21-19/h5-8,11-13H,4,9-10H2,1-3H3,(H,21,22,23)/t13-/m1/s1. The minimum Gasteiger partial charge on any atom is -0.491 e. The van der Waals surface area contributed by atoms with Crippen molar-refractivity contribution in [3.05, 3.63) is 41.0 Å². The van der Waals surface area contributed by atoms with Crippen molar-refractivity contribution < 1.29 is 4.74 Å². The highest BCUT2D eigenvalue weighted by molar-refractivity contribution is 7.19. The third kappa shape index (κ3) is 3.33. The average Bonchev–Trinajstić information content (AvgIpc) is 2.94. The highest BCUT2D eigenvalue weighted by Crippen LogP contribution is 2.40. The van der Waals surface area contributed by atoms with Gasteiger partial charge in [-0.3, -0.25) is 0 Å². The molecule has 0 bridgehead atoms. The van der Waals surface area contributed by atoms with Gasteiger partial charge < -0.3 is 10.1 Å². The third-order valence-electron chi connectivity index (χ3n) is 4.58. The van der Waals surface area contributed by atoms with Crippen LogP contribution in [0.25, 0.3) is 10.2 Å². The highest BCUT2D eigenvalue weighted by atomic mass is 32.1. The smallest absolute Gasteiger partial charge is 0.142 e. The number of fused-ring (bicyclic) bond motifs is 3. The van der Waals surface area contributed by atoms with Gasteiger partial charge in [0.15, 0.2) is 0 Å². The van der Waals surface area contributed by atoms with Crippen LogP contribution in [0.4, 0.5) is 11.5 Å². The van der Waals surface area contributed by atoms with Crippen LogP contribution in [0.15, 0.2) is 30.6 Å². The van der Waals surface area contributed by atoms with Crippen molar-refractivity contribution in [2.75, 3.05) is 5.32 Å². The first-order valence-corrected chi connectivity index (χ1v) is 9.71. The first kappa shape index (κ1) is 16.3. The van der Waals surface area contributed by atoms with Crippen LogP contribution in [-0.4, -0.2) is 16.1 Å². The fourth-order valence-electron chi connectivity index (χ4n) is 3.40. The zero-order chi connectivity index (χ0) is 17.4. The van der Waals surface area contributed by atoms with Gasteiger partial charge in [0.25, 0.3) is 0 Å². The summed E-state index contributed by atoms with van der Waals surface area (Å²) >= 11 is 1.83. The van der Waals surface area contributed by atoms with Crippen molar-refractivity contribution in [3.8, 4) is 5.75 Å². The molecule has 1 aromatic carbocycles. The van der Waals surface area contributed by atoms with E-state index in [1.54, 1.807) is 6.33 Å². The van der Waals surface area contributed by atoms with E-state index in [0.29, 0.717) is 0 Å². The molecule has 3 aromatic rings. The molecule has 1 aliphatic rings. The predicted molar refractivity (Wildman–Crippen MR) is 104 cm³/mol. The summed E-state index contributed by atoms with van der Waals surface area (Å²) in [5, 5.41) is 4.68. The van der Waals surface area contributed by atoms with Crippen LogP contribution < -0.4 is 10.1 Å². The lowest BCUT2D eigenvalue weighted by Crippen LogP contribution is -2.09. The Bertz CT molecular complexity index is 886. The van der Waals surface area contributed by atoms with Crippen molar-refractivity contribution in [2.24, 2.45) is 5.92 Å². The van der Waals surface area contributed by atoms with E-state index in [1.807, 2.05) is 49.4 Å². The summed E-state index contributed by atoms with van der Waals surface area (Å²) in [5.74, 6) is 2.56. The summed E-state index contributed by atoms with van der Waals surface area (Å²) < 4.78 is 5.71. The molecule has 1 aliphatic carbocycles. The van der Waals surface area contributed by atoms with Crippen molar-refractivity contribution in [1.29, 1.82) is 0 Å². The van der Waals surface area contributed by atoms with Crippen LogP contribution in [0.3, 0.4) is 0 Å². The third-order valence-corrected chi connectivity index (χ3v) is 5.74. The molecule has 5 heteroatoms. The molecule has 2 heterocycles. The fourth-order valence-corrected chi connectivity index (χ4v) is 4.75. The van der Waals surface area contributed by atoms with E-state index in [2.05, 4.69) is 22.2 Å².